The molecule has 184 valence electrons. The van der Waals surface area contributed by atoms with Crippen molar-refractivity contribution in [2.75, 3.05) is 13.7 Å². The molecule has 1 aliphatic heterocycles. The predicted molar refractivity (Wildman–Crippen MR) is 130 cm³/mol. The lowest BCUT2D eigenvalue weighted by atomic mass is 10.0. The second-order valence-electron chi connectivity index (χ2n) is 8.44. The van der Waals surface area contributed by atoms with Crippen LogP contribution in [-0.2, 0) is 6.54 Å². The number of rotatable bonds is 6. The molecule has 0 spiro atoms. The van der Waals surface area contributed by atoms with Crippen LogP contribution in [0.15, 0.2) is 82.4 Å². The Morgan fingerprint density at radius 2 is 1.75 bits per heavy atom. The van der Waals surface area contributed by atoms with E-state index < -0.39 is 35.0 Å². The van der Waals surface area contributed by atoms with E-state index in [1.165, 1.54) is 42.0 Å². The summed E-state index contributed by atoms with van der Waals surface area (Å²) in [4.78, 5) is 27.4. The van der Waals surface area contributed by atoms with Gasteiger partial charge in [0.15, 0.2) is 11.6 Å². The summed E-state index contributed by atoms with van der Waals surface area (Å²) in [7, 11) is 1.31. The van der Waals surface area contributed by atoms with Crippen LogP contribution in [0, 0.1) is 11.6 Å². The molecule has 0 aliphatic carbocycles. The molecule has 2 heterocycles. The van der Waals surface area contributed by atoms with Crippen molar-refractivity contribution in [3.8, 4) is 22.8 Å². The van der Waals surface area contributed by atoms with Crippen molar-refractivity contribution in [2.24, 2.45) is 5.73 Å². The molecular weight excluding hydrogens is 468 g/mol. The highest BCUT2D eigenvalue weighted by atomic mass is 19.1. The molecule has 0 fully saturated rings. The molecule has 0 radical (unpaired) electrons. The molecule has 1 aromatic heterocycles. The third-order valence-electron chi connectivity index (χ3n) is 6.34. The molecule has 0 saturated heterocycles. The van der Waals surface area contributed by atoms with Crippen molar-refractivity contribution in [3.05, 3.63) is 116 Å². The van der Waals surface area contributed by atoms with Crippen LogP contribution in [0.1, 0.15) is 23.2 Å². The molecule has 0 saturated carbocycles. The fourth-order valence-corrected chi connectivity index (χ4v) is 4.53. The van der Waals surface area contributed by atoms with Crippen molar-refractivity contribution in [1.82, 2.24) is 9.13 Å². The maximum absolute atomic E-state index is 15.4. The Bertz CT molecular complexity index is 1550. The van der Waals surface area contributed by atoms with Crippen molar-refractivity contribution < 1.29 is 18.3 Å². The fraction of sp³-hybridized carbons (Fsp3) is 0.185. The Labute approximate surface area is 205 Å². The van der Waals surface area contributed by atoms with Crippen LogP contribution >= 0.6 is 0 Å². The van der Waals surface area contributed by atoms with Crippen LogP contribution in [-0.4, -0.2) is 22.9 Å². The summed E-state index contributed by atoms with van der Waals surface area (Å²) in [5.74, 6) is -1.52. The Kier molecular flexibility index (Phi) is 6.15. The molecule has 9 heteroatoms. The summed E-state index contributed by atoms with van der Waals surface area (Å²) in [5.41, 5.74) is 5.53. The third kappa shape index (κ3) is 3.87. The molecule has 0 bridgehead atoms. The lowest BCUT2D eigenvalue weighted by molar-refractivity contribution is 0.340. The van der Waals surface area contributed by atoms with Gasteiger partial charge in [-0.2, -0.15) is 0 Å². The van der Waals surface area contributed by atoms with Crippen LogP contribution in [0.4, 0.5) is 8.78 Å². The number of methoxy groups -OCH3 is 1. The fourth-order valence-electron chi connectivity index (χ4n) is 4.53. The molecule has 3 aromatic carbocycles. The number of nitrogens with zero attached hydrogens (tertiary/aromatic N) is 2. The molecule has 4 aromatic rings. The van der Waals surface area contributed by atoms with Crippen LogP contribution in [0.25, 0.3) is 11.1 Å². The van der Waals surface area contributed by atoms with Gasteiger partial charge in [0.05, 0.1) is 13.7 Å². The minimum Gasteiger partial charge on any atom is -0.494 e. The first kappa shape index (κ1) is 23.5. The summed E-state index contributed by atoms with van der Waals surface area (Å²) in [5, 5.41) is 0. The number of hydrogen-bond acceptors (Lipinski definition) is 5. The van der Waals surface area contributed by atoms with Crippen LogP contribution in [0.2, 0.25) is 0 Å². The number of ether oxygens (including phenoxy) is 2. The quantitative estimate of drug-likeness (QED) is 0.445. The number of benzene rings is 3. The second kappa shape index (κ2) is 9.43. The van der Waals surface area contributed by atoms with Crippen molar-refractivity contribution in [2.45, 2.75) is 18.6 Å². The molecule has 7 nitrogen and oxygen atoms in total. The van der Waals surface area contributed by atoms with E-state index in [0.29, 0.717) is 5.56 Å². The average molecular weight is 491 g/mol. The number of fused-ring (bicyclic) bond motifs is 1. The van der Waals surface area contributed by atoms with Gasteiger partial charge in [-0.15, -0.1) is 0 Å². The molecule has 1 aliphatic rings. The third-order valence-corrected chi connectivity index (χ3v) is 6.34. The van der Waals surface area contributed by atoms with E-state index in [0.717, 1.165) is 4.57 Å². The van der Waals surface area contributed by atoms with Gasteiger partial charge >= 0.3 is 5.69 Å². The van der Waals surface area contributed by atoms with Crippen molar-refractivity contribution in [3.63, 3.8) is 0 Å². The highest BCUT2D eigenvalue weighted by Crippen LogP contribution is 2.38. The van der Waals surface area contributed by atoms with Gasteiger partial charge in [0.25, 0.3) is 5.56 Å². The van der Waals surface area contributed by atoms with Crippen LogP contribution in [0.5, 0.6) is 11.6 Å². The van der Waals surface area contributed by atoms with Crippen LogP contribution in [0.3, 0.4) is 0 Å². The van der Waals surface area contributed by atoms with Crippen molar-refractivity contribution in [1.29, 1.82) is 0 Å². The van der Waals surface area contributed by atoms with Gasteiger partial charge in [-0.05, 0) is 17.7 Å². The Hall–Kier alpha value is -4.24. The molecule has 2 atom stereocenters. The van der Waals surface area contributed by atoms with Gasteiger partial charge in [0, 0.05) is 17.2 Å². The summed E-state index contributed by atoms with van der Waals surface area (Å²) in [6.07, 6.45) is 0. The smallest absolute Gasteiger partial charge is 0.334 e. The van der Waals surface area contributed by atoms with E-state index in [4.69, 9.17) is 15.2 Å². The Morgan fingerprint density at radius 1 is 1.03 bits per heavy atom. The zero-order valence-corrected chi connectivity index (χ0v) is 19.4. The molecular formula is C27H23F2N3O4. The summed E-state index contributed by atoms with van der Waals surface area (Å²) < 4.78 is 43.1. The van der Waals surface area contributed by atoms with E-state index in [1.807, 2.05) is 6.07 Å². The standard InChI is InChI=1S/C27H23F2N3O4/c1-35-22-13-7-11-18(24(22)29)23-25(33)31(14-20(30)16-8-3-2-4-9-16)27(34)32-21(15-36-26(23)32)17-10-5-6-12-19(17)28/h2-13,20-21H,14-15,30H2,1H3. The number of halogens is 2. The first-order chi connectivity index (χ1) is 17.4. The number of nitrogens with two attached hydrogens (primary N) is 1. The highest BCUT2D eigenvalue weighted by molar-refractivity contribution is 5.70. The van der Waals surface area contributed by atoms with E-state index in [1.54, 1.807) is 36.4 Å². The molecule has 36 heavy (non-hydrogen) atoms. The largest absolute Gasteiger partial charge is 0.494 e. The van der Waals surface area contributed by atoms with E-state index >= 15 is 4.39 Å². The van der Waals surface area contributed by atoms with E-state index in [2.05, 4.69) is 0 Å². The summed E-state index contributed by atoms with van der Waals surface area (Å²) >= 11 is 0. The molecule has 0 amide bonds. The normalized spacial score (nSPS) is 15.3. The SMILES string of the molecule is COc1cccc(-c2c3n(c(=O)n(CC(N)c4ccccc4)c2=O)C(c2ccccc2F)CO3)c1F. The lowest BCUT2D eigenvalue weighted by Crippen LogP contribution is -2.43. The average Bonchev–Trinajstić information content (AvgIpc) is 3.33. The van der Waals surface area contributed by atoms with Gasteiger partial charge < -0.3 is 15.2 Å². The van der Waals surface area contributed by atoms with Gasteiger partial charge in [0.2, 0.25) is 5.88 Å². The molecule has 5 rings (SSSR count). The lowest BCUT2D eigenvalue weighted by Gasteiger charge is -2.19. The van der Waals surface area contributed by atoms with E-state index in [-0.39, 0.29) is 41.5 Å². The first-order valence-corrected chi connectivity index (χ1v) is 11.3. The molecule has 2 N–H and O–H groups in total. The Morgan fingerprint density at radius 3 is 2.47 bits per heavy atom. The monoisotopic (exact) mass is 491 g/mol. The molecule has 2 unspecified atom stereocenters. The van der Waals surface area contributed by atoms with Crippen molar-refractivity contribution >= 4 is 0 Å². The maximum Gasteiger partial charge on any atom is 0.334 e. The van der Waals surface area contributed by atoms with Crippen LogP contribution < -0.4 is 26.5 Å². The van der Waals surface area contributed by atoms with Gasteiger partial charge in [-0.3, -0.25) is 13.9 Å². The van der Waals surface area contributed by atoms with Gasteiger partial charge in [0.1, 0.15) is 24.0 Å². The second-order valence-corrected chi connectivity index (χ2v) is 8.44. The van der Waals surface area contributed by atoms with E-state index in [9.17, 15) is 14.0 Å². The number of aromatic nitrogens is 2. The summed E-state index contributed by atoms with van der Waals surface area (Å²) in [6.45, 7) is -0.284. The Balaban J connectivity index is 1.77. The predicted octanol–water partition coefficient (Wildman–Crippen LogP) is 3.65. The number of hydrogen-bond donors (Lipinski definition) is 1. The minimum atomic E-state index is -0.860. The minimum absolute atomic E-state index is 0.0759. The van der Waals surface area contributed by atoms with Gasteiger partial charge in [-0.25, -0.2) is 13.6 Å². The maximum atomic E-state index is 15.4. The summed E-state index contributed by atoms with van der Waals surface area (Å²) in [6, 6.07) is 17.8. The topological polar surface area (TPSA) is 88.5 Å². The highest BCUT2D eigenvalue weighted by Gasteiger charge is 2.35. The zero-order chi connectivity index (χ0) is 25.4. The zero-order valence-electron chi connectivity index (χ0n) is 19.4. The van der Waals surface area contributed by atoms with Gasteiger partial charge in [-0.1, -0.05) is 60.7 Å². The first-order valence-electron chi connectivity index (χ1n) is 11.3.